The molecule has 0 amide bonds. The van der Waals surface area contributed by atoms with Crippen molar-refractivity contribution in [3.63, 3.8) is 0 Å². The van der Waals surface area contributed by atoms with E-state index in [1.807, 2.05) is 0 Å². The normalized spacial score (nSPS) is 43.3. The van der Waals surface area contributed by atoms with Crippen molar-refractivity contribution >= 4 is 5.96 Å². The molecule has 0 spiro atoms. The number of nitrogens with two attached hydrogens (primary N) is 1. The van der Waals surface area contributed by atoms with E-state index >= 15 is 0 Å². The number of hydrogen-bond donors (Lipinski definition) is 1. The molecule has 0 aromatic carbocycles. The number of hydrogen-bond acceptors (Lipinski definition) is 2. The van der Waals surface area contributed by atoms with Crippen LogP contribution < -0.4 is 5.73 Å². The van der Waals surface area contributed by atoms with E-state index < -0.39 is 0 Å². The van der Waals surface area contributed by atoms with Crippen LogP contribution in [0.15, 0.2) is 4.99 Å². The molecule has 0 bridgehead atoms. The fraction of sp³-hybridized carbons (Fsp3) is 0.778. The Labute approximate surface area is 72.5 Å². The predicted octanol–water partition coefficient (Wildman–Crippen LogP) is 1.45. The maximum absolute atomic E-state index is 5.57. The molecule has 2 rings (SSSR count). The Morgan fingerprint density at radius 1 is 1.83 bits per heavy atom. The SMILES string of the molecule is CCC1C#[N+]C(N)=NC2(C)CC12. The second-order valence-electron chi connectivity index (χ2n) is 3.89. The molecule has 0 radical (unpaired) electrons. The van der Waals surface area contributed by atoms with Crippen molar-refractivity contribution in [2.75, 3.05) is 0 Å². The van der Waals surface area contributed by atoms with Crippen molar-refractivity contribution in [1.29, 1.82) is 0 Å². The lowest BCUT2D eigenvalue weighted by molar-refractivity contribution is 0.510. The second-order valence-corrected chi connectivity index (χ2v) is 3.89. The summed E-state index contributed by atoms with van der Waals surface area (Å²) < 4.78 is 0. The highest BCUT2D eigenvalue weighted by Gasteiger charge is 2.59. The van der Waals surface area contributed by atoms with Gasteiger partial charge in [0.1, 0.15) is 11.6 Å². The van der Waals surface area contributed by atoms with Crippen LogP contribution in [-0.2, 0) is 0 Å². The van der Waals surface area contributed by atoms with Gasteiger partial charge in [0.05, 0.1) is 5.92 Å². The van der Waals surface area contributed by atoms with Gasteiger partial charge in [0.25, 0.3) is 0 Å². The average molecular weight is 164 g/mol. The number of fused-ring (bicyclic) bond motifs is 1. The average Bonchev–Trinajstić information content (AvgIpc) is 2.63. The number of nitrogens with zero attached hydrogens (tertiary/aromatic N) is 2. The Morgan fingerprint density at radius 3 is 3.25 bits per heavy atom. The molecule has 1 fully saturated rings. The lowest BCUT2D eigenvalue weighted by atomic mass is 10.00. The molecule has 12 heavy (non-hydrogen) atoms. The fourth-order valence-electron chi connectivity index (χ4n) is 1.99. The van der Waals surface area contributed by atoms with Crippen molar-refractivity contribution < 1.29 is 0 Å². The summed E-state index contributed by atoms with van der Waals surface area (Å²) in [7, 11) is 0. The van der Waals surface area contributed by atoms with E-state index in [1.165, 1.54) is 0 Å². The standard InChI is InChI=1S/C9H14N3/c1-3-6-5-11-8(10)12-9(2)4-7(6)9/h6-7H,3-4H2,1-2H3,(H2,10,12)/q+1. The molecule has 1 aliphatic carbocycles. The molecule has 0 aromatic rings. The van der Waals surface area contributed by atoms with E-state index in [0.29, 0.717) is 17.8 Å². The highest BCUT2D eigenvalue weighted by atomic mass is 15.1. The molecule has 64 valence electrons. The molecule has 1 saturated carbocycles. The zero-order valence-electron chi connectivity index (χ0n) is 7.54. The van der Waals surface area contributed by atoms with Crippen LogP contribution in [0, 0.1) is 17.9 Å². The van der Waals surface area contributed by atoms with Gasteiger partial charge in [-0.2, -0.15) is 4.85 Å². The van der Waals surface area contributed by atoms with E-state index in [9.17, 15) is 0 Å². The topological polar surface area (TPSA) is 42.7 Å². The zero-order valence-corrected chi connectivity index (χ0v) is 7.54. The first-order chi connectivity index (χ1) is 5.65. The van der Waals surface area contributed by atoms with Gasteiger partial charge >= 0.3 is 5.96 Å². The molecule has 3 unspecified atom stereocenters. The van der Waals surface area contributed by atoms with Gasteiger partial charge in [-0.05, 0) is 19.8 Å². The van der Waals surface area contributed by atoms with Crippen LogP contribution in [-0.4, -0.2) is 11.5 Å². The van der Waals surface area contributed by atoms with Gasteiger partial charge in [-0.1, -0.05) is 11.9 Å². The minimum Gasteiger partial charge on any atom is -0.273 e. The summed E-state index contributed by atoms with van der Waals surface area (Å²) in [6.45, 7) is 4.31. The van der Waals surface area contributed by atoms with Crippen LogP contribution in [0.4, 0.5) is 0 Å². The molecule has 3 atom stereocenters. The fourth-order valence-corrected chi connectivity index (χ4v) is 1.99. The molecule has 1 aliphatic heterocycles. The van der Waals surface area contributed by atoms with Crippen molar-refractivity contribution in [2.24, 2.45) is 22.6 Å². The van der Waals surface area contributed by atoms with E-state index in [2.05, 4.69) is 29.8 Å². The van der Waals surface area contributed by atoms with Crippen LogP contribution in [0.3, 0.4) is 0 Å². The highest BCUT2D eigenvalue weighted by Crippen LogP contribution is 2.52. The predicted molar refractivity (Wildman–Crippen MR) is 49.2 cm³/mol. The first-order valence-electron chi connectivity index (χ1n) is 4.47. The maximum atomic E-state index is 5.57. The Bertz CT molecular complexity index is 297. The van der Waals surface area contributed by atoms with Crippen LogP contribution in [0.2, 0.25) is 0 Å². The van der Waals surface area contributed by atoms with E-state index in [-0.39, 0.29) is 5.54 Å². The number of rotatable bonds is 1. The van der Waals surface area contributed by atoms with E-state index in [0.717, 1.165) is 12.8 Å². The monoisotopic (exact) mass is 164 g/mol. The van der Waals surface area contributed by atoms with Gasteiger partial charge in [0.15, 0.2) is 0 Å². The summed E-state index contributed by atoms with van der Waals surface area (Å²) in [4.78, 5) is 8.33. The van der Waals surface area contributed by atoms with Crippen LogP contribution in [0.25, 0.3) is 4.85 Å². The third-order valence-corrected chi connectivity index (χ3v) is 2.91. The van der Waals surface area contributed by atoms with Crippen molar-refractivity contribution in [3.8, 4) is 6.07 Å². The molecule has 0 aromatic heterocycles. The molecule has 1 heterocycles. The van der Waals surface area contributed by atoms with E-state index in [1.54, 1.807) is 0 Å². The number of aliphatic imine (C=N–C) groups is 1. The summed E-state index contributed by atoms with van der Waals surface area (Å²) in [6, 6.07) is 3.07. The first kappa shape index (κ1) is 7.60. The van der Waals surface area contributed by atoms with Gasteiger partial charge < -0.3 is 0 Å². The van der Waals surface area contributed by atoms with Gasteiger partial charge in [-0.15, -0.1) is 0 Å². The van der Waals surface area contributed by atoms with Crippen molar-refractivity contribution in [1.82, 2.24) is 0 Å². The Kier molecular flexibility index (Phi) is 1.41. The third kappa shape index (κ3) is 0.989. The van der Waals surface area contributed by atoms with Gasteiger partial charge in [0, 0.05) is 5.92 Å². The number of guanidine groups is 1. The molecular formula is C9H14N3+. The Hall–Kier alpha value is -1.04. The molecule has 2 N–H and O–H groups in total. The Morgan fingerprint density at radius 2 is 2.58 bits per heavy atom. The molecule has 2 aliphatic rings. The molecule has 3 heteroatoms. The maximum Gasteiger partial charge on any atom is 0.481 e. The lowest BCUT2D eigenvalue weighted by Crippen LogP contribution is -2.13. The van der Waals surface area contributed by atoms with Crippen LogP contribution >= 0.6 is 0 Å². The zero-order chi connectivity index (χ0) is 8.77. The second kappa shape index (κ2) is 2.22. The minimum atomic E-state index is 0.0811. The summed E-state index contributed by atoms with van der Waals surface area (Å²) >= 11 is 0. The lowest BCUT2D eigenvalue weighted by Gasteiger charge is -2.02. The van der Waals surface area contributed by atoms with Gasteiger partial charge in [-0.25, -0.2) is 0 Å². The first-order valence-corrected chi connectivity index (χ1v) is 4.47. The molecular weight excluding hydrogens is 150 g/mol. The summed E-state index contributed by atoms with van der Waals surface area (Å²) in [5.41, 5.74) is 5.66. The van der Waals surface area contributed by atoms with Crippen molar-refractivity contribution in [3.05, 3.63) is 4.85 Å². The van der Waals surface area contributed by atoms with Crippen LogP contribution in [0.1, 0.15) is 26.7 Å². The highest BCUT2D eigenvalue weighted by molar-refractivity contribution is 5.89. The Balaban J connectivity index is 2.29. The smallest absolute Gasteiger partial charge is 0.273 e. The molecule has 0 saturated heterocycles. The van der Waals surface area contributed by atoms with Crippen LogP contribution in [0.5, 0.6) is 0 Å². The minimum absolute atomic E-state index is 0.0811. The van der Waals surface area contributed by atoms with Gasteiger partial charge in [0.2, 0.25) is 0 Å². The summed E-state index contributed by atoms with van der Waals surface area (Å²) in [5, 5.41) is 0. The van der Waals surface area contributed by atoms with E-state index in [4.69, 9.17) is 5.73 Å². The van der Waals surface area contributed by atoms with Crippen molar-refractivity contribution in [2.45, 2.75) is 32.2 Å². The largest absolute Gasteiger partial charge is 0.481 e. The summed E-state index contributed by atoms with van der Waals surface area (Å²) in [5.74, 6) is 1.49. The quantitative estimate of drug-likeness (QED) is 0.626. The summed E-state index contributed by atoms with van der Waals surface area (Å²) in [6.07, 6.45) is 2.24. The third-order valence-electron chi connectivity index (χ3n) is 2.91. The van der Waals surface area contributed by atoms with Gasteiger partial charge in [-0.3, -0.25) is 5.73 Å². The molecule has 3 nitrogen and oxygen atoms in total.